The van der Waals surface area contributed by atoms with Gasteiger partial charge < -0.3 is 14.6 Å². The summed E-state index contributed by atoms with van der Waals surface area (Å²) in [6.07, 6.45) is 9.40. The zero-order valence-electron chi connectivity index (χ0n) is 20.1. The molecule has 1 atom stereocenters. The number of carbonyl (C=O) groups is 2. The number of halogens is 1. The molecular weight excluding hydrogens is 465 g/mol. The predicted octanol–water partition coefficient (Wildman–Crippen LogP) is 5.07. The minimum atomic E-state index is -0.715. The Morgan fingerprint density at radius 1 is 1.17 bits per heavy atom. The lowest BCUT2D eigenvalue weighted by Crippen LogP contribution is -2.43. The Kier molecular flexibility index (Phi) is 9.66. The van der Waals surface area contributed by atoms with Crippen LogP contribution in [0.2, 0.25) is 0 Å². The predicted molar refractivity (Wildman–Crippen MR) is 138 cm³/mol. The van der Waals surface area contributed by atoms with Crippen molar-refractivity contribution in [1.29, 1.82) is 0 Å². The summed E-state index contributed by atoms with van der Waals surface area (Å²) in [5.74, 6) is -0.361. The summed E-state index contributed by atoms with van der Waals surface area (Å²) in [5, 5.41) is 2.83. The number of nitrogens with zero attached hydrogens (tertiary/aromatic N) is 2. The van der Waals surface area contributed by atoms with Crippen molar-refractivity contribution < 1.29 is 18.7 Å². The summed E-state index contributed by atoms with van der Waals surface area (Å²) in [4.78, 5) is 29.6. The van der Waals surface area contributed by atoms with Crippen molar-refractivity contribution in [2.75, 3.05) is 12.0 Å². The number of amides is 1. The van der Waals surface area contributed by atoms with Crippen molar-refractivity contribution in [3.05, 3.63) is 89.8 Å². The minimum Gasteiger partial charge on any atom is -0.461 e. The highest BCUT2D eigenvalue weighted by atomic mass is 32.2. The topological polar surface area (TPSA) is 73.2 Å². The summed E-state index contributed by atoms with van der Waals surface area (Å²) < 4.78 is 20.7. The molecule has 0 aliphatic rings. The number of nitrogens with one attached hydrogen (secondary N) is 1. The molecule has 0 aliphatic heterocycles. The van der Waals surface area contributed by atoms with Crippen molar-refractivity contribution in [1.82, 2.24) is 14.9 Å². The van der Waals surface area contributed by atoms with Crippen LogP contribution in [-0.2, 0) is 16.1 Å². The van der Waals surface area contributed by atoms with Gasteiger partial charge in [0.15, 0.2) is 0 Å². The first kappa shape index (κ1) is 26.2. The van der Waals surface area contributed by atoms with E-state index >= 15 is 0 Å². The van der Waals surface area contributed by atoms with E-state index in [0.717, 1.165) is 22.5 Å². The van der Waals surface area contributed by atoms with Gasteiger partial charge in [-0.25, -0.2) is 14.2 Å². The molecule has 3 aromatic rings. The van der Waals surface area contributed by atoms with E-state index in [-0.39, 0.29) is 17.8 Å². The number of esters is 1. The smallest absolute Gasteiger partial charge is 0.328 e. The lowest BCUT2D eigenvalue weighted by molar-refractivity contribution is -0.149. The zero-order chi connectivity index (χ0) is 25.2. The highest BCUT2D eigenvalue weighted by molar-refractivity contribution is 7.98. The van der Waals surface area contributed by atoms with Gasteiger partial charge in [-0.1, -0.05) is 24.3 Å². The Balaban J connectivity index is 1.84. The van der Waals surface area contributed by atoms with E-state index in [4.69, 9.17) is 4.74 Å². The normalized spacial score (nSPS) is 12.4. The van der Waals surface area contributed by atoms with Crippen molar-refractivity contribution in [2.45, 2.75) is 39.0 Å². The Morgan fingerprint density at radius 2 is 1.94 bits per heavy atom. The fourth-order valence-corrected chi connectivity index (χ4v) is 3.94. The summed E-state index contributed by atoms with van der Waals surface area (Å²) >= 11 is 1.60. The van der Waals surface area contributed by atoms with Gasteiger partial charge in [-0.2, -0.15) is 11.8 Å². The number of thioether (sulfide) groups is 1. The maximum absolute atomic E-state index is 13.5. The molecule has 2 aromatic carbocycles. The fraction of sp³-hybridized carbons (Fsp3) is 0.296. The second-order valence-corrected chi connectivity index (χ2v) is 9.32. The number of hydrogen-bond donors (Lipinski definition) is 1. The molecule has 0 saturated heterocycles. The number of ether oxygens (including phenoxy) is 1. The highest BCUT2D eigenvalue weighted by Crippen LogP contribution is 2.22. The maximum Gasteiger partial charge on any atom is 0.328 e. The quantitative estimate of drug-likeness (QED) is 0.297. The molecule has 8 heteroatoms. The van der Waals surface area contributed by atoms with Gasteiger partial charge in [0.2, 0.25) is 0 Å². The lowest BCUT2D eigenvalue weighted by atomic mass is 10.0. The molecule has 0 unspecified atom stereocenters. The van der Waals surface area contributed by atoms with Crippen LogP contribution in [0.15, 0.2) is 67.3 Å². The Hall–Kier alpha value is -3.39. The van der Waals surface area contributed by atoms with Gasteiger partial charge >= 0.3 is 5.97 Å². The SMILES string of the molecule is CSCC[C@H](NC(=O)c1cccc(/C=C(/Cn2ccnc2)c2ccc(F)cc2)c1)C(=O)OC(C)C. The highest BCUT2D eigenvalue weighted by Gasteiger charge is 2.23. The first-order valence-electron chi connectivity index (χ1n) is 11.4. The van der Waals surface area contributed by atoms with E-state index in [2.05, 4.69) is 10.3 Å². The number of carbonyl (C=O) groups excluding carboxylic acids is 2. The molecule has 1 amide bonds. The largest absolute Gasteiger partial charge is 0.461 e. The van der Waals surface area contributed by atoms with E-state index in [0.29, 0.717) is 18.5 Å². The Labute approximate surface area is 209 Å². The number of benzene rings is 2. The summed E-state index contributed by atoms with van der Waals surface area (Å²) in [5.41, 5.74) is 3.04. The second kappa shape index (κ2) is 12.9. The monoisotopic (exact) mass is 495 g/mol. The molecule has 6 nitrogen and oxygen atoms in total. The summed E-state index contributed by atoms with van der Waals surface area (Å²) in [6.45, 7) is 4.09. The van der Waals surface area contributed by atoms with E-state index in [1.807, 2.05) is 29.2 Å². The molecule has 1 aromatic heterocycles. The average Bonchev–Trinajstić information content (AvgIpc) is 3.34. The van der Waals surface area contributed by atoms with Crippen molar-refractivity contribution in [3.63, 3.8) is 0 Å². The van der Waals surface area contributed by atoms with Gasteiger partial charge in [-0.3, -0.25) is 4.79 Å². The summed E-state index contributed by atoms with van der Waals surface area (Å²) in [6, 6.07) is 12.8. The molecule has 0 bridgehead atoms. The first-order chi connectivity index (χ1) is 16.9. The van der Waals surface area contributed by atoms with Crippen LogP contribution in [0.3, 0.4) is 0 Å². The van der Waals surface area contributed by atoms with Crippen molar-refractivity contribution in [3.8, 4) is 0 Å². The minimum absolute atomic E-state index is 0.259. The van der Waals surface area contributed by atoms with Crippen LogP contribution in [0.5, 0.6) is 0 Å². The second-order valence-electron chi connectivity index (χ2n) is 8.33. The van der Waals surface area contributed by atoms with E-state index in [1.165, 1.54) is 12.1 Å². The van der Waals surface area contributed by atoms with Crippen LogP contribution in [-0.4, -0.2) is 45.6 Å². The molecule has 0 fully saturated rings. The first-order valence-corrected chi connectivity index (χ1v) is 12.8. The van der Waals surface area contributed by atoms with E-state index in [1.54, 1.807) is 68.5 Å². The molecule has 0 aliphatic carbocycles. The molecule has 3 rings (SSSR count). The lowest BCUT2D eigenvalue weighted by Gasteiger charge is -2.19. The van der Waals surface area contributed by atoms with Gasteiger partial charge in [0.25, 0.3) is 5.91 Å². The fourth-order valence-electron chi connectivity index (χ4n) is 3.47. The van der Waals surface area contributed by atoms with Crippen LogP contribution in [0.4, 0.5) is 4.39 Å². The molecule has 0 radical (unpaired) electrons. The average molecular weight is 496 g/mol. The number of allylic oxidation sites excluding steroid dienone is 1. The number of hydrogen-bond acceptors (Lipinski definition) is 5. The molecule has 184 valence electrons. The number of rotatable bonds is 11. The van der Waals surface area contributed by atoms with Crippen LogP contribution < -0.4 is 5.32 Å². The van der Waals surface area contributed by atoms with E-state index < -0.39 is 12.0 Å². The van der Waals surface area contributed by atoms with Gasteiger partial charge in [0.1, 0.15) is 11.9 Å². The van der Waals surface area contributed by atoms with Gasteiger partial charge in [0, 0.05) is 24.5 Å². The summed E-state index contributed by atoms with van der Waals surface area (Å²) in [7, 11) is 0. The maximum atomic E-state index is 13.5. The van der Waals surface area contributed by atoms with E-state index in [9.17, 15) is 14.0 Å². The van der Waals surface area contributed by atoms with Crippen molar-refractivity contribution >= 4 is 35.3 Å². The zero-order valence-corrected chi connectivity index (χ0v) is 20.9. The number of imidazole rings is 1. The Bertz CT molecular complexity index is 1140. The molecule has 1 heterocycles. The molecule has 35 heavy (non-hydrogen) atoms. The molecular formula is C27H30FN3O3S. The van der Waals surface area contributed by atoms with Gasteiger partial charge in [-0.15, -0.1) is 0 Å². The van der Waals surface area contributed by atoms with Gasteiger partial charge in [0.05, 0.1) is 12.4 Å². The molecule has 1 N–H and O–H groups in total. The van der Waals surface area contributed by atoms with Crippen LogP contribution in [0.25, 0.3) is 11.6 Å². The third-order valence-corrected chi connectivity index (χ3v) is 5.81. The number of aromatic nitrogens is 2. The third-order valence-electron chi connectivity index (χ3n) is 5.17. The van der Waals surface area contributed by atoms with Crippen LogP contribution in [0, 0.1) is 5.82 Å². The third kappa shape index (κ3) is 8.10. The van der Waals surface area contributed by atoms with Crippen molar-refractivity contribution in [2.24, 2.45) is 0 Å². The standard InChI is InChI=1S/C27H30FN3O3S/c1-19(2)34-27(33)25(11-14-35-3)30-26(32)22-6-4-5-20(15-22)16-23(17-31-13-12-29-18-31)21-7-9-24(28)10-8-21/h4-10,12-13,15-16,18-19,25H,11,14,17H2,1-3H3,(H,30,32)/b23-16-/t25-/m0/s1. The Morgan fingerprint density at radius 3 is 2.60 bits per heavy atom. The van der Waals surface area contributed by atoms with Crippen LogP contribution in [0.1, 0.15) is 41.8 Å². The van der Waals surface area contributed by atoms with Crippen LogP contribution >= 0.6 is 11.8 Å². The molecule has 0 saturated carbocycles. The molecule has 0 spiro atoms. The van der Waals surface area contributed by atoms with Gasteiger partial charge in [-0.05, 0) is 79.3 Å².